The maximum absolute atomic E-state index is 12.7. The first-order valence-electron chi connectivity index (χ1n) is 11.4. The van der Waals surface area contributed by atoms with Gasteiger partial charge >= 0.3 is 0 Å². The minimum atomic E-state index is -3.09. The molecular formula is C23H41BrN2O2S. The molecule has 1 aliphatic heterocycles. The molecule has 4 nitrogen and oxygen atoms in total. The molecule has 2 rings (SSSR count). The second-order valence-corrected chi connectivity index (χ2v) is 10.5. The highest BCUT2D eigenvalue weighted by Crippen LogP contribution is 2.21. The fourth-order valence-electron chi connectivity index (χ4n) is 4.25. The summed E-state index contributed by atoms with van der Waals surface area (Å²) in [4.78, 5) is 0. The first-order valence-corrected chi connectivity index (χ1v) is 13.0. The summed E-state index contributed by atoms with van der Waals surface area (Å²) in [5.41, 5.74) is 1.35. The smallest absolute Gasteiger partial charge is 0.214 e. The fourth-order valence-corrected chi connectivity index (χ4v) is 5.80. The van der Waals surface area contributed by atoms with Gasteiger partial charge < -0.3 is 21.5 Å². The summed E-state index contributed by atoms with van der Waals surface area (Å²) in [5.74, 6) is 0.326. The van der Waals surface area contributed by atoms with E-state index in [1.54, 1.807) is 4.31 Å². The number of nitrogens with zero attached hydrogens (tertiary/aromatic N) is 2. The zero-order valence-corrected chi connectivity index (χ0v) is 20.9. The second kappa shape index (κ2) is 13.8. The number of benzene rings is 1. The summed E-state index contributed by atoms with van der Waals surface area (Å²) in [5, 5.41) is 0. The number of halogens is 1. The molecule has 1 aliphatic rings. The van der Waals surface area contributed by atoms with E-state index in [2.05, 4.69) is 44.2 Å². The van der Waals surface area contributed by atoms with Crippen molar-refractivity contribution in [3.63, 3.8) is 0 Å². The van der Waals surface area contributed by atoms with E-state index in [1.165, 1.54) is 44.1 Å². The molecule has 0 saturated carbocycles. The lowest BCUT2D eigenvalue weighted by Gasteiger charge is -2.44. The van der Waals surface area contributed by atoms with Crippen molar-refractivity contribution < 1.29 is 29.9 Å². The number of rotatable bonds is 13. The van der Waals surface area contributed by atoms with E-state index in [1.807, 2.05) is 0 Å². The Morgan fingerprint density at radius 2 is 1.41 bits per heavy atom. The molecule has 0 radical (unpaired) electrons. The minimum absolute atomic E-state index is 0. The van der Waals surface area contributed by atoms with Gasteiger partial charge in [0.2, 0.25) is 10.0 Å². The van der Waals surface area contributed by atoms with Crippen molar-refractivity contribution in [2.24, 2.45) is 0 Å². The van der Waals surface area contributed by atoms with Crippen molar-refractivity contribution >= 4 is 10.0 Å². The molecule has 6 heteroatoms. The van der Waals surface area contributed by atoms with E-state index in [0.29, 0.717) is 18.8 Å². The Labute approximate surface area is 190 Å². The zero-order chi connectivity index (χ0) is 20.3. The van der Waals surface area contributed by atoms with Crippen molar-refractivity contribution in [1.29, 1.82) is 0 Å². The Hall–Kier alpha value is -0.430. The summed E-state index contributed by atoms with van der Waals surface area (Å²) in [6, 6.07) is 10.6. The number of sulfonamides is 1. The molecule has 0 aliphatic carbocycles. The average molecular weight is 490 g/mol. The lowest BCUT2D eigenvalue weighted by molar-refractivity contribution is -0.942. The monoisotopic (exact) mass is 488 g/mol. The minimum Gasteiger partial charge on any atom is -1.00 e. The lowest BCUT2D eigenvalue weighted by atomic mass is 10.1. The summed E-state index contributed by atoms with van der Waals surface area (Å²) < 4.78 is 28.2. The van der Waals surface area contributed by atoms with Crippen molar-refractivity contribution in [3.8, 4) is 0 Å². The average Bonchev–Trinajstić information content (AvgIpc) is 2.71. The highest BCUT2D eigenvalue weighted by Gasteiger charge is 2.35. The third-order valence-electron chi connectivity index (χ3n) is 6.33. The predicted octanol–water partition coefficient (Wildman–Crippen LogP) is 1.81. The normalized spacial score (nSPS) is 17.0. The third-order valence-corrected chi connectivity index (χ3v) is 8.28. The van der Waals surface area contributed by atoms with Gasteiger partial charge in [-0.15, -0.1) is 0 Å². The molecule has 0 amide bonds. The molecule has 1 fully saturated rings. The standard InChI is InChI=1S/C23H41N2O2S.BrH/c1-3-5-6-7-8-9-10-14-21-28(26,27)24-17-19-25(4-2,20-18-24)22-23-15-12-11-13-16-23;/h11-13,15-16H,3-10,14,17-22H2,1-2H3;1H/q+1;/p-1. The van der Waals surface area contributed by atoms with Gasteiger partial charge in [-0.1, -0.05) is 82.2 Å². The molecule has 1 heterocycles. The molecule has 1 aromatic rings. The molecule has 1 aromatic carbocycles. The molecule has 0 atom stereocenters. The molecule has 1 saturated heterocycles. The summed E-state index contributed by atoms with van der Waals surface area (Å²) in [6.07, 6.45) is 9.50. The molecule has 0 N–H and O–H groups in total. The van der Waals surface area contributed by atoms with Crippen LogP contribution in [0.3, 0.4) is 0 Å². The Bertz CT molecular complexity index is 644. The Morgan fingerprint density at radius 1 is 0.862 bits per heavy atom. The van der Waals surface area contributed by atoms with E-state index < -0.39 is 10.0 Å². The molecule has 0 spiro atoms. The van der Waals surface area contributed by atoms with Crippen molar-refractivity contribution in [2.45, 2.75) is 71.8 Å². The number of piperazine rings is 1. The topological polar surface area (TPSA) is 37.4 Å². The summed E-state index contributed by atoms with van der Waals surface area (Å²) in [7, 11) is -3.09. The Morgan fingerprint density at radius 3 is 1.97 bits per heavy atom. The van der Waals surface area contributed by atoms with Crippen LogP contribution in [-0.4, -0.2) is 55.7 Å². The second-order valence-electron chi connectivity index (χ2n) is 8.44. The van der Waals surface area contributed by atoms with E-state index >= 15 is 0 Å². The van der Waals surface area contributed by atoms with Crippen molar-refractivity contribution in [3.05, 3.63) is 35.9 Å². The van der Waals surface area contributed by atoms with Gasteiger partial charge in [0.1, 0.15) is 6.54 Å². The zero-order valence-electron chi connectivity index (χ0n) is 18.5. The van der Waals surface area contributed by atoms with Crippen LogP contribution >= 0.6 is 0 Å². The van der Waals surface area contributed by atoms with Gasteiger partial charge in [-0.2, -0.15) is 4.31 Å². The van der Waals surface area contributed by atoms with E-state index in [0.717, 1.165) is 43.5 Å². The highest BCUT2D eigenvalue weighted by atomic mass is 79.9. The van der Waals surface area contributed by atoms with Gasteiger partial charge in [0, 0.05) is 5.56 Å². The van der Waals surface area contributed by atoms with Crippen LogP contribution in [0.4, 0.5) is 0 Å². The molecule has 29 heavy (non-hydrogen) atoms. The number of hydrogen-bond acceptors (Lipinski definition) is 2. The number of unbranched alkanes of at least 4 members (excludes halogenated alkanes) is 7. The summed E-state index contributed by atoms with van der Waals surface area (Å²) >= 11 is 0. The van der Waals surface area contributed by atoms with Gasteiger partial charge in [0.15, 0.2) is 0 Å². The van der Waals surface area contributed by atoms with E-state index in [-0.39, 0.29) is 17.0 Å². The Kier molecular flexibility index (Phi) is 12.7. The van der Waals surface area contributed by atoms with Gasteiger partial charge in [0.05, 0.1) is 38.5 Å². The molecular weight excluding hydrogens is 448 g/mol. The number of quaternary nitrogens is 1. The highest BCUT2D eigenvalue weighted by molar-refractivity contribution is 7.89. The molecule has 0 aromatic heterocycles. The number of likely N-dealkylation sites (N-methyl/N-ethyl adjacent to an activating group) is 1. The van der Waals surface area contributed by atoms with Crippen molar-refractivity contribution in [2.75, 3.05) is 38.5 Å². The maximum Gasteiger partial charge on any atom is 0.214 e. The molecule has 0 bridgehead atoms. The van der Waals surface area contributed by atoms with Gasteiger partial charge in [0.25, 0.3) is 0 Å². The van der Waals surface area contributed by atoms with Crippen LogP contribution in [0.2, 0.25) is 0 Å². The van der Waals surface area contributed by atoms with Gasteiger partial charge in [-0.05, 0) is 13.3 Å². The number of hydrogen-bond donors (Lipinski definition) is 0. The van der Waals surface area contributed by atoms with Crippen LogP contribution in [0.15, 0.2) is 30.3 Å². The first kappa shape index (κ1) is 26.6. The Balaban J connectivity index is 0.00000420. The molecule has 0 unspecified atom stereocenters. The fraction of sp³-hybridized carbons (Fsp3) is 0.739. The largest absolute Gasteiger partial charge is 1.00 e. The van der Waals surface area contributed by atoms with Crippen LogP contribution in [0.5, 0.6) is 0 Å². The van der Waals surface area contributed by atoms with Crippen LogP contribution in [0.1, 0.15) is 70.8 Å². The quantitative estimate of drug-likeness (QED) is 0.313. The maximum atomic E-state index is 12.7. The van der Waals surface area contributed by atoms with Crippen LogP contribution in [0, 0.1) is 0 Å². The lowest BCUT2D eigenvalue weighted by Crippen LogP contribution is -3.00. The van der Waals surface area contributed by atoms with Gasteiger partial charge in [-0.3, -0.25) is 0 Å². The van der Waals surface area contributed by atoms with Crippen molar-refractivity contribution in [1.82, 2.24) is 4.31 Å². The van der Waals surface area contributed by atoms with E-state index in [4.69, 9.17) is 0 Å². The van der Waals surface area contributed by atoms with Gasteiger partial charge in [-0.25, -0.2) is 8.42 Å². The van der Waals surface area contributed by atoms with Crippen LogP contribution in [-0.2, 0) is 16.6 Å². The summed E-state index contributed by atoms with van der Waals surface area (Å²) in [6.45, 7) is 9.69. The van der Waals surface area contributed by atoms with Crippen LogP contribution in [0.25, 0.3) is 0 Å². The molecule has 168 valence electrons. The van der Waals surface area contributed by atoms with Crippen LogP contribution < -0.4 is 17.0 Å². The first-order chi connectivity index (χ1) is 13.5. The third kappa shape index (κ3) is 9.07. The van der Waals surface area contributed by atoms with E-state index in [9.17, 15) is 8.42 Å². The SMILES string of the molecule is CCCCCCCCCCS(=O)(=O)N1CC[N+](CC)(Cc2ccccc2)CC1.[Br-]. The predicted molar refractivity (Wildman–Crippen MR) is 119 cm³/mol.